The summed E-state index contributed by atoms with van der Waals surface area (Å²) in [5.41, 5.74) is 1.23. The predicted molar refractivity (Wildman–Crippen MR) is 76.2 cm³/mol. The van der Waals surface area contributed by atoms with E-state index < -0.39 is 0 Å². The molecule has 96 valence electrons. The van der Waals surface area contributed by atoms with Gasteiger partial charge in [-0.2, -0.15) is 0 Å². The van der Waals surface area contributed by atoms with Gasteiger partial charge in [-0.25, -0.2) is 0 Å². The lowest BCUT2D eigenvalue weighted by Gasteiger charge is -2.08. The van der Waals surface area contributed by atoms with Gasteiger partial charge < -0.3 is 10.1 Å². The summed E-state index contributed by atoms with van der Waals surface area (Å²) in [5.74, 6) is 1.83. The molecule has 0 aromatic heterocycles. The zero-order valence-electron chi connectivity index (χ0n) is 10.6. The molecule has 4 heteroatoms. The van der Waals surface area contributed by atoms with Crippen LogP contribution in [0.25, 0.3) is 0 Å². The molecular formula is C14H18N2OS. The summed E-state index contributed by atoms with van der Waals surface area (Å²) in [6.07, 6.45) is 2.80. The number of nitrogens with one attached hydrogen (secondary N) is 1. The average Bonchev–Trinajstić information content (AvgIpc) is 3.16. The summed E-state index contributed by atoms with van der Waals surface area (Å²) >= 11 is 1.92. The van der Waals surface area contributed by atoms with Gasteiger partial charge in [0, 0.05) is 11.8 Å². The van der Waals surface area contributed by atoms with Crippen LogP contribution in [0.5, 0.6) is 5.75 Å². The van der Waals surface area contributed by atoms with Crippen LogP contribution in [0.15, 0.2) is 29.3 Å². The molecule has 1 atom stereocenters. The van der Waals surface area contributed by atoms with Gasteiger partial charge in [-0.1, -0.05) is 23.9 Å². The molecule has 0 spiro atoms. The van der Waals surface area contributed by atoms with E-state index in [1.54, 1.807) is 7.11 Å². The average molecular weight is 262 g/mol. The Morgan fingerprint density at radius 1 is 1.44 bits per heavy atom. The Morgan fingerprint density at radius 3 is 3.11 bits per heavy atom. The Morgan fingerprint density at radius 2 is 2.33 bits per heavy atom. The number of benzene rings is 1. The maximum absolute atomic E-state index is 5.22. The van der Waals surface area contributed by atoms with E-state index >= 15 is 0 Å². The van der Waals surface area contributed by atoms with Crippen LogP contribution in [-0.2, 0) is 6.54 Å². The summed E-state index contributed by atoms with van der Waals surface area (Å²) < 4.78 is 5.22. The minimum atomic E-state index is 0.734. The summed E-state index contributed by atoms with van der Waals surface area (Å²) in [4.78, 5) is 4.57. The van der Waals surface area contributed by atoms with E-state index in [1.165, 1.54) is 18.4 Å². The first-order chi connectivity index (χ1) is 8.85. The molecule has 1 N–H and O–H groups in total. The van der Waals surface area contributed by atoms with Crippen molar-refractivity contribution < 1.29 is 4.74 Å². The van der Waals surface area contributed by atoms with Crippen molar-refractivity contribution in [2.75, 3.05) is 13.7 Å². The summed E-state index contributed by atoms with van der Waals surface area (Å²) in [7, 11) is 1.70. The van der Waals surface area contributed by atoms with Crippen LogP contribution in [0.2, 0.25) is 0 Å². The molecule has 0 bridgehead atoms. The number of amidine groups is 1. The van der Waals surface area contributed by atoms with Crippen LogP contribution >= 0.6 is 11.8 Å². The monoisotopic (exact) mass is 262 g/mol. The van der Waals surface area contributed by atoms with E-state index in [0.29, 0.717) is 0 Å². The van der Waals surface area contributed by atoms with Crippen LogP contribution in [-0.4, -0.2) is 24.1 Å². The summed E-state index contributed by atoms with van der Waals surface area (Å²) in [6.45, 7) is 1.82. The van der Waals surface area contributed by atoms with Crippen molar-refractivity contribution >= 4 is 16.9 Å². The molecule has 2 aliphatic rings. The van der Waals surface area contributed by atoms with E-state index in [-0.39, 0.29) is 0 Å². The molecule has 1 aromatic carbocycles. The predicted octanol–water partition coefficient (Wildman–Crippen LogP) is 2.67. The van der Waals surface area contributed by atoms with Gasteiger partial charge in [0.05, 0.1) is 13.7 Å². The van der Waals surface area contributed by atoms with Crippen LogP contribution in [0.1, 0.15) is 18.4 Å². The second-order valence-corrected chi connectivity index (χ2v) is 6.07. The minimum absolute atomic E-state index is 0.734. The third-order valence-corrected chi connectivity index (χ3v) is 4.74. The molecule has 18 heavy (non-hydrogen) atoms. The fourth-order valence-electron chi connectivity index (χ4n) is 2.16. The molecule has 3 nitrogen and oxygen atoms in total. The van der Waals surface area contributed by atoms with Crippen molar-refractivity contribution in [3.8, 4) is 5.75 Å². The normalized spacial score (nSPS) is 22.7. The second-order valence-electron chi connectivity index (χ2n) is 4.84. The van der Waals surface area contributed by atoms with E-state index in [9.17, 15) is 0 Å². The topological polar surface area (TPSA) is 33.6 Å². The lowest BCUT2D eigenvalue weighted by molar-refractivity contribution is 0.414. The molecule has 1 aliphatic heterocycles. The highest BCUT2D eigenvalue weighted by Gasteiger charge is 2.35. The lowest BCUT2D eigenvalue weighted by Crippen LogP contribution is -2.19. The van der Waals surface area contributed by atoms with Gasteiger partial charge in [-0.3, -0.25) is 4.99 Å². The Hall–Kier alpha value is -1.16. The molecule has 1 fully saturated rings. The summed E-state index contributed by atoms with van der Waals surface area (Å²) in [6, 6.07) is 8.15. The SMILES string of the molecule is COc1cccc(CNC2=NCC(C3CC3)S2)c1. The van der Waals surface area contributed by atoms with Crippen LogP contribution < -0.4 is 10.1 Å². The fraction of sp³-hybridized carbons (Fsp3) is 0.500. The van der Waals surface area contributed by atoms with E-state index in [2.05, 4.69) is 22.4 Å². The van der Waals surface area contributed by atoms with Crippen LogP contribution in [0.4, 0.5) is 0 Å². The first-order valence-electron chi connectivity index (χ1n) is 6.43. The van der Waals surface area contributed by atoms with Crippen LogP contribution in [0, 0.1) is 5.92 Å². The van der Waals surface area contributed by atoms with Gasteiger partial charge in [0.15, 0.2) is 5.17 Å². The largest absolute Gasteiger partial charge is 0.497 e. The first kappa shape index (κ1) is 11.9. The molecule has 0 saturated heterocycles. The Bertz CT molecular complexity index is 457. The minimum Gasteiger partial charge on any atom is -0.497 e. The molecule has 1 aliphatic carbocycles. The highest BCUT2D eigenvalue weighted by Crippen LogP contribution is 2.41. The smallest absolute Gasteiger partial charge is 0.157 e. The van der Waals surface area contributed by atoms with Crippen LogP contribution in [0.3, 0.4) is 0 Å². The fourth-order valence-corrected chi connectivity index (χ4v) is 3.37. The zero-order chi connectivity index (χ0) is 12.4. The van der Waals surface area contributed by atoms with Gasteiger partial charge in [-0.15, -0.1) is 0 Å². The Balaban J connectivity index is 1.51. The Labute approximate surface area is 112 Å². The molecule has 1 unspecified atom stereocenters. The molecule has 1 heterocycles. The second kappa shape index (κ2) is 5.22. The molecular weight excluding hydrogens is 244 g/mol. The zero-order valence-corrected chi connectivity index (χ0v) is 11.4. The number of aliphatic imine (C=N–C) groups is 1. The van der Waals surface area contributed by atoms with Crippen molar-refractivity contribution in [2.24, 2.45) is 10.9 Å². The third-order valence-electron chi connectivity index (χ3n) is 3.40. The van der Waals surface area contributed by atoms with Gasteiger partial charge >= 0.3 is 0 Å². The van der Waals surface area contributed by atoms with Gasteiger partial charge in [0.1, 0.15) is 5.75 Å². The highest BCUT2D eigenvalue weighted by atomic mass is 32.2. The summed E-state index contributed by atoms with van der Waals surface area (Å²) in [5, 5.41) is 5.26. The molecule has 3 rings (SSSR count). The number of nitrogens with zero attached hydrogens (tertiary/aromatic N) is 1. The van der Waals surface area contributed by atoms with Gasteiger partial charge in [-0.05, 0) is 36.5 Å². The maximum atomic E-state index is 5.22. The molecule has 0 amide bonds. The van der Waals surface area contributed by atoms with Crippen molar-refractivity contribution in [1.29, 1.82) is 0 Å². The third kappa shape index (κ3) is 2.80. The molecule has 1 aromatic rings. The van der Waals surface area contributed by atoms with Crippen molar-refractivity contribution in [3.05, 3.63) is 29.8 Å². The standard InChI is InChI=1S/C14H18N2OS/c1-17-12-4-2-3-10(7-12)8-15-14-16-9-13(18-14)11-5-6-11/h2-4,7,11,13H,5-6,8-9H2,1H3,(H,15,16). The number of methoxy groups -OCH3 is 1. The maximum Gasteiger partial charge on any atom is 0.157 e. The van der Waals surface area contributed by atoms with Crippen molar-refractivity contribution in [1.82, 2.24) is 5.32 Å². The van der Waals surface area contributed by atoms with Crippen molar-refractivity contribution in [2.45, 2.75) is 24.6 Å². The number of ether oxygens (including phenoxy) is 1. The molecule has 1 saturated carbocycles. The van der Waals surface area contributed by atoms with Crippen molar-refractivity contribution in [3.63, 3.8) is 0 Å². The number of hydrogen-bond donors (Lipinski definition) is 1. The lowest BCUT2D eigenvalue weighted by atomic mass is 10.2. The van der Waals surface area contributed by atoms with Gasteiger partial charge in [0.2, 0.25) is 0 Å². The number of rotatable bonds is 4. The van der Waals surface area contributed by atoms with Gasteiger partial charge in [0.25, 0.3) is 0 Å². The number of thioether (sulfide) groups is 1. The quantitative estimate of drug-likeness (QED) is 0.905. The van der Waals surface area contributed by atoms with E-state index in [1.807, 2.05) is 23.9 Å². The Kier molecular flexibility index (Phi) is 3.46. The van der Waals surface area contributed by atoms with E-state index in [0.717, 1.165) is 35.2 Å². The molecule has 0 radical (unpaired) electrons. The van der Waals surface area contributed by atoms with E-state index in [4.69, 9.17) is 4.74 Å². The number of hydrogen-bond acceptors (Lipinski definition) is 4. The highest BCUT2D eigenvalue weighted by molar-refractivity contribution is 8.14. The first-order valence-corrected chi connectivity index (χ1v) is 7.31.